The minimum Gasteiger partial charge on any atom is -0.357 e. The molecular formula is C18H21FN4O. The SMILES string of the molecule is O=C(NCc1ccc(F)cc1)c1cc(N2CCCCCC2)ncn1. The number of amides is 1. The molecule has 0 aliphatic carbocycles. The summed E-state index contributed by atoms with van der Waals surface area (Å²) in [7, 11) is 0. The van der Waals surface area contributed by atoms with Crippen molar-refractivity contribution in [1.82, 2.24) is 15.3 Å². The van der Waals surface area contributed by atoms with Gasteiger partial charge in [0.25, 0.3) is 5.91 Å². The standard InChI is InChI=1S/C18H21FN4O/c19-15-7-5-14(6-8-15)12-20-18(24)16-11-17(22-13-21-16)23-9-3-1-2-4-10-23/h5-8,11,13H,1-4,9-10,12H2,(H,20,24). The Hall–Kier alpha value is -2.50. The van der Waals surface area contributed by atoms with Crippen LogP contribution >= 0.6 is 0 Å². The highest BCUT2D eigenvalue weighted by molar-refractivity contribution is 5.92. The van der Waals surface area contributed by atoms with Crippen LogP contribution in [0.3, 0.4) is 0 Å². The summed E-state index contributed by atoms with van der Waals surface area (Å²) in [6.45, 7) is 2.27. The summed E-state index contributed by atoms with van der Waals surface area (Å²) in [5.74, 6) is 0.264. The van der Waals surface area contributed by atoms with Gasteiger partial charge in [-0.05, 0) is 30.5 Å². The number of rotatable bonds is 4. The van der Waals surface area contributed by atoms with Crippen molar-refractivity contribution in [2.75, 3.05) is 18.0 Å². The van der Waals surface area contributed by atoms with E-state index in [-0.39, 0.29) is 11.7 Å². The van der Waals surface area contributed by atoms with Crippen molar-refractivity contribution in [3.8, 4) is 0 Å². The van der Waals surface area contributed by atoms with Crippen molar-refractivity contribution in [2.24, 2.45) is 0 Å². The van der Waals surface area contributed by atoms with Crippen molar-refractivity contribution in [3.05, 3.63) is 53.7 Å². The number of nitrogens with one attached hydrogen (secondary N) is 1. The molecule has 1 aliphatic heterocycles. The minimum absolute atomic E-state index is 0.252. The van der Waals surface area contributed by atoms with Gasteiger partial charge in [-0.15, -0.1) is 0 Å². The normalized spacial score (nSPS) is 15.0. The molecule has 0 spiro atoms. The van der Waals surface area contributed by atoms with Crippen LogP contribution in [-0.2, 0) is 6.54 Å². The Morgan fingerprint density at radius 2 is 1.79 bits per heavy atom. The second-order valence-corrected chi connectivity index (χ2v) is 5.97. The van der Waals surface area contributed by atoms with Crippen LogP contribution in [0.1, 0.15) is 41.7 Å². The highest BCUT2D eigenvalue weighted by Crippen LogP contribution is 2.17. The molecule has 1 fully saturated rings. The zero-order valence-electron chi connectivity index (χ0n) is 13.5. The summed E-state index contributed by atoms with van der Waals surface area (Å²) in [5, 5.41) is 2.81. The topological polar surface area (TPSA) is 58.1 Å². The fourth-order valence-corrected chi connectivity index (χ4v) is 2.82. The van der Waals surface area contributed by atoms with Crippen LogP contribution in [0.5, 0.6) is 0 Å². The summed E-state index contributed by atoms with van der Waals surface area (Å²) < 4.78 is 12.9. The maximum atomic E-state index is 12.9. The Kier molecular flexibility index (Phi) is 5.36. The lowest BCUT2D eigenvalue weighted by molar-refractivity contribution is 0.0945. The molecule has 1 aromatic carbocycles. The molecular weight excluding hydrogens is 307 g/mol. The highest BCUT2D eigenvalue weighted by atomic mass is 19.1. The van der Waals surface area contributed by atoms with E-state index in [1.165, 1.54) is 31.3 Å². The van der Waals surface area contributed by atoms with Crippen LogP contribution in [0.25, 0.3) is 0 Å². The molecule has 0 atom stereocenters. The van der Waals surface area contributed by atoms with Gasteiger partial charge >= 0.3 is 0 Å². The van der Waals surface area contributed by atoms with E-state index >= 15 is 0 Å². The number of benzene rings is 1. The van der Waals surface area contributed by atoms with E-state index in [0.29, 0.717) is 12.2 Å². The molecule has 5 nitrogen and oxygen atoms in total. The molecule has 24 heavy (non-hydrogen) atoms. The molecule has 0 radical (unpaired) electrons. The molecule has 1 amide bonds. The molecule has 0 bridgehead atoms. The Balaban J connectivity index is 1.64. The summed E-state index contributed by atoms with van der Waals surface area (Å²) in [6, 6.07) is 7.80. The van der Waals surface area contributed by atoms with E-state index in [9.17, 15) is 9.18 Å². The predicted molar refractivity (Wildman–Crippen MR) is 90.3 cm³/mol. The van der Waals surface area contributed by atoms with Crippen molar-refractivity contribution < 1.29 is 9.18 Å². The quantitative estimate of drug-likeness (QED) is 0.937. The van der Waals surface area contributed by atoms with Crippen LogP contribution in [0.4, 0.5) is 10.2 Å². The minimum atomic E-state index is -0.289. The Labute approximate surface area is 140 Å². The Morgan fingerprint density at radius 3 is 2.50 bits per heavy atom. The first-order valence-corrected chi connectivity index (χ1v) is 8.32. The van der Waals surface area contributed by atoms with Gasteiger partial charge in [-0.3, -0.25) is 4.79 Å². The van der Waals surface area contributed by atoms with Gasteiger partial charge in [0.05, 0.1) is 0 Å². The van der Waals surface area contributed by atoms with Gasteiger partial charge in [-0.25, -0.2) is 14.4 Å². The molecule has 6 heteroatoms. The third-order valence-corrected chi connectivity index (χ3v) is 4.18. The smallest absolute Gasteiger partial charge is 0.270 e. The van der Waals surface area contributed by atoms with Crippen LogP contribution in [-0.4, -0.2) is 29.0 Å². The maximum absolute atomic E-state index is 12.9. The molecule has 1 N–H and O–H groups in total. The number of halogens is 1. The average Bonchev–Trinajstić information content (AvgIpc) is 2.90. The Morgan fingerprint density at radius 1 is 1.08 bits per heavy atom. The first-order chi connectivity index (χ1) is 11.7. The first kappa shape index (κ1) is 16.4. The van der Waals surface area contributed by atoms with Crippen molar-refractivity contribution in [2.45, 2.75) is 32.2 Å². The highest BCUT2D eigenvalue weighted by Gasteiger charge is 2.14. The fraction of sp³-hybridized carbons (Fsp3) is 0.389. The van der Waals surface area contributed by atoms with E-state index in [0.717, 1.165) is 37.3 Å². The number of nitrogens with zero attached hydrogens (tertiary/aromatic N) is 3. The van der Waals surface area contributed by atoms with E-state index in [1.807, 2.05) is 0 Å². The second-order valence-electron chi connectivity index (χ2n) is 5.97. The van der Waals surface area contributed by atoms with E-state index in [2.05, 4.69) is 20.2 Å². The van der Waals surface area contributed by atoms with Gasteiger partial charge in [0.2, 0.25) is 0 Å². The third kappa shape index (κ3) is 4.28. The zero-order valence-corrected chi connectivity index (χ0v) is 13.5. The zero-order chi connectivity index (χ0) is 16.8. The van der Waals surface area contributed by atoms with Crippen molar-refractivity contribution in [3.63, 3.8) is 0 Å². The summed E-state index contributed by atoms with van der Waals surface area (Å²) in [5.41, 5.74) is 1.19. The molecule has 0 saturated carbocycles. The van der Waals surface area contributed by atoms with Gasteiger partial charge in [0.15, 0.2) is 0 Å². The largest absolute Gasteiger partial charge is 0.357 e. The number of carbonyl (C=O) groups is 1. The lowest BCUT2D eigenvalue weighted by atomic mass is 10.2. The van der Waals surface area contributed by atoms with E-state index < -0.39 is 0 Å². The van der Waals surface area contributed by atoms with Crippen molar-refractivity contribution >= 4 is 11.7 Å². The summed E-state index contributed by atoms with van der Waals surface area (Å²) in [6.07, 6.45) is 6.22. The first-order valence-electron chi connectivity index (χ1n) is 8.32. The molecule has 126 valence electrons. The predicted octanol–water partition coefficient (Wildman–Crippen LogP) is 2.93. The number of hydrogen-bond acceptors (Lipinski definition) is 4. The number of aromatic nitrogens is 2. The third-order valence-electron chi connectivity index (χ3n) is 4.18. The molecule has 1 aliphatic rings. The monoisotopic (exact) mass is 328 g/mol. The maximum Gasteiger partial charge on any atom is 0.270 e. The van der Waals surface area contributed by atoms with Crippen LogP contribution in [0, 0.1) is 5.82 Å². The molecule has 2 heterocycles. The van der Waals surface area contributed by atoms with Crippen LogP contribution in [0.15, 0.2) is 36.7 Å². The summed E-state index contributed by atoms with van der Waals surface area (Å²) in [4.78, 5) is 22.9. The van der Waals surface area contributed by atoms with Gasteiger partial charge in [0, 0.05) is 25.7 Å². The van der Waals surface area contributed by atoms with E-state index in [1.54, 1.807) is 18.2 Å². The lowest BCUT2D eigenvalue weighted by Gasteiger charge is -2.21. The molecule has 1 aromatic heterocycles. The lowest BCUT2D eigenvalue weighted by Crippen LogP contribution is -2.27. The molecule has 1 saturated heterocycles. The van der Waals surface area contributed by atoms with Gasteiger partial charge in [0.1, 0.15) is 23.7 Å². The van der Waals surface area contributed by atoms with Crippen LogP contribution in [0.2, 0.25) is 0 Å². The van der Waals surface area contributed by atoms with Crippen molar-refractivity contribution in [1.29, 1.82) is 0 Å². The van der Waals surface area contributed by atoms with Gasteiger partial charge in [-0.2, -0.15) is 0 Å². The summed E-state index contributed by atoms with van der Waals surface area (Å²) >= 11 is 0. The second kappa shape index (κ2) is 7.86. The van der Waals surface area contributed by atoms with Gasteiger partial charge < -0.3 is 10.2 Å². The molecule has 0 unspecified atom stereocenters. The number of hydrogen-bond donors (Lipinski definition) is 1. The van der Waals surface area contributed by atoms with Crippen LogP contribution < -0.4 is 10.2 Å². The van der Waals surface area contributed by atoms with Gasteiger partial charge in [-0.1, -0.05) is 25.0 Å². The number of carbonyl (C=O) groups excluding carboxylic acids is 1. The van der Waals surface area contributed by atoms with E-state index in [4.69, 9.17) is 0 Å². The molecule has 2 aromatic rings. The fourth-order valence-electron chi connectivity index (χ4n) is 2.82. The average molecular weight is 328 g/mol. The number of anilines is 1. The Bertz CT molecular complexity index is 682. The molecule has 3 rings (SSSR count).